The van der Waals surface area contributed by atoms with Crippen LogP contribution in [0.15, 0.2) is 9.63 Å². The number of benzene rings is 1. The van der Waals surface area contributed by atoms with Crippen molar-refractivity contribution in [2.24, 2.45) is 0 Å². The molecule has 3 rings (SSSR count). The normalized spacial score (nSPS) is 18.4. The first-order valence-corrected chi connectivity index (χ1v) is 9.42. The fraction of sp³-hybridized carbons (Fsp3) is 0.429. The number of hydrogen-bond acceptors (Lipinski definition) is 6. The van der Waals surface area contributed by atoms with E-state index in [1.165, 1.54) is 11.8 Å². The number of ether oxygens (including phenoxy) is 1. The van der Waals surface area contributed by atoms with E-state index in [4.69, 9.17) is 16.3 Å². The number of aliphatic hydroxyl groups excluding tert-OH is 1. The highest BCUT2D eigenvalue weighted by molar-refractivity contribution is 9.10. The molecule has 0 spiro atoms. The minimum Gasteiger partial charge on any atom is -0.394 e. The van der Waals surface area contributed by atoms with Crippen molar-refractivity contribution in [2.45, 2.75) is 11.2 Å². The van der Waals surface area contributed by atoms with Gasteiger partial charge >= 0.3 is 0 Å². The maximum Gasteiger partial charge on any atom is 0.189 e. The van der Waals surface area contributed by atoms with Crippen LogP contribution < -0.4 is 4.90 Å². The number of halogens is 4. The van der Waals surface area contributed by atoms with Crippen molar-refractivity contribution in [3.8, 4) is 0 Å². The molecule has 1 fully saturated rings. The minimum absolute atomic E-state index is 0.0983. The lowest BCUT2D eigenvalue weighted by Gasteiger charge is -2.36. The molecule has 2 aromatic rings. The zero-order chi connectivity index (χ0) is 17.4. The fourth-order valence-corrected chi connectivity index (χ4v) is 3.48. The lowest BCUT2D eigenvalue weighted by molar-refractivity contribution is 0.0723. The maximum atomic E-state index is 14.8. The number of nitrogens with zero attached hydrogens (tertiary/aromatic N) is 3. The summed E-state index contributed by atoms with van der Waals surface area (Å²) in [6.45, 7) is 0.851. The van der Waals surface area contributed by atoms with Crippen molar-refractivity contribution in [2.75, 3.05) is 37.5 Å². The van der Waals surface area contributed by atoms with Crippen molar-refractivity contribution in [3.05, 3.63) is 21.1 Å². The molecular formula is C14H13BrClF2N3O2S. The molecule has 130 valence electrons. The lowest BCUT2D eigenvalue weighted by atomic mass is 10.1. The van der Waals surface area contributed by atoms with E-state index in [1.54, 1.807) is 11.2 Å². The number of rotatable bonds is 3. The Bertz CT molecular complexity index is 799. The van der Waals surface area contributed by atoms with Gasteiger partial charge in [0, 0.05) is 6.54 Å². The molecule has 5 nitrogen and oxygen atoms in total. The Labute approximate surface area is 154 Å². The molecule has 1 N–H and O–H groups in total. The number of fused-ring (bicyclic) bond motifs is 1. The first kappa shape index (κ1) is 18.1. The predicted octanol–water partition coefficient (Wildman–Crippen LogP) is 3.24. The molecule has 0 amide bonds. The average molecular weight is 441 g/mol. The fourth-order valence-electron chi connectivity index (χ4n) is 2.58. The Kier molecular flexibility index (Phi) is 5.45. The molecule has 0 unspecified atom stereocenters. The summed E-state index contributed by atoms with van der Waals surface area (Å²) in [5.41, 5.74) is -0.152. The van der Waals surface area contributed by atoms with Gasteiger partial charge in [0.15, 0.2) is 16.8 Å². The Morgan fingerprint density at radius 2 is 2.17 bits per heavy atom. The summed E-state index contributed by atoms with van der Waals surface area (Å²) in [5, 5.41) is 9.41. The number of aliphatic hydroxyl groups is 1. The van der Waals surface area contributed by atoms with Crippen molar-refractivity contribution in [1.82, 2.24) is 9.97 Å². The van der Waals surface area contributed by atoms with Crippen molar-refractivity contribution >= 4 is 56.0 Å². The van der Waals surface area contributed by atoms with Gasteiger partial charge in [-0.25, -0.2) is 18.7 Å². The van der Waals surface area contributed by atoms with Crippen molar-refractivity contribution in [3.63, 3.8) is 0 Å². The monoisotopic (exact) mass is 439 g/mol. The number of aromatic nitrogens is 2. The molecule has 1 aliphatic rings. The molecular weight excluding hydrogens is 428 g/mol. The Hall–Kier alpha value is -0.740. The van der Waals surface area contributed by atoms with E-state index in [0.29, 0.717) is 18.3 Å². The third kappa shape index (κ3) is 2.96. The highest BCUT2D eigenvalue weighted by atomic mass is 79.9. The molecule has 2 heterocycles. The van der Waals surface area contributed by atoms with Crippen LogP contribution in [0.4, 0.5) is 14.6 Å². The first-order chi connectivity index (χ1) is 11.5. The van der Waals surface area contributed by atoms with E-state index >= 15 is 0 Å². The molecule has 0 bridgehead atoms. The summed E-state index contributed by atoms with van der Waals surface area (Å²) in [6.07, 6.45) is 1.74. The van der Waals surface area contributed by atoms with Gasteiger partial charge in [-0.15, -0.1) is 0 Å². The zero-order valence-corrected chi connectivity index (χ0v) is 15.7. The topological polar surface area (TPSA) is 58.5 Å². The van der Waals surface area contributed by atoms with E-state index < -0.39 is 17.7 Å². The van der Waals surface area contributed by atoms with Gasteiger partial charge in [-0.1, -0.05) is 23.4 Å². The van der Waals surface area contributed by atoms with E-state index in [2.05, 4.69) is 25.9 Å². The van der Waals surface area contributed by atoms with E-state index in [9.17, 15) is 13.9 Å². The Morgan fingerprint density at radius 3 is 2.83 bits per heavy atom. The SMILES string of the molecule is CSc1nc(N2CCOC[C@H]2CO)c2c(F)c(Cl)c(Br)c(F)c2n1. The third-order valence-electron chi connectivity index (χ3n) is 3.77. The summed E-state index contributed by atoms with van der Waals surface area (Å²) in [4.78, 5) is 10.1. The second-order valence-electron chi connectivity index (χ2n) is 5.12. The van der Waals surface area contributed by atoms with Gasteiger partial charge in [0.05, 0.1) is 40.7 Å². The molecule has 0 radical (unpaired) electrons. The van der Waals surface area contributed by atoms with Crippen LogP contribution in [0.25, 0.3) is 10.9 Å². The molecule has 1 aromatic carbocycles. The minimum atomic E-state index is -0.800. The van der Waals surface area contributed by atoms with Gasteiger partial charge in [-0.3, -0.25) is 0 Å². The van der Waals surface area contributed by atoms with Crippen molar-refractivity contribution in [1.29, 1.82) is 0 Å². The van der Waals surface area contributed by atoms with Gasteiger partial charge in [-0.05, 0) is 22.2 Å². The summed E-state index contributed by atoms with van der Waals surface area (Å²) < 4.78 is 34.5. The van der Waals surface area contributed by atoms with Crippen LogP contribution in [0.5, 0.6) is 0 Å². The number of thioether (sulfide) groups is 1. The van der Waals surface area contributed by atoms with Gasteiger partial charge < -0.3 is 14.7 Å². The van der Waals surface area contributed by atoms with E-state index in [1.807, 2.05) is 0 Å². The molecule has 10 heteroatoms. The van der Waals surface area contributed by atoms with Crippen LogP contribution in [0.1, 0.15) is 0 Å². The quantitative estimate of drug-likeness (QED) is 0.342. The van der Waals surface area contributed by atoms with Crippen molar-refractivity contribution < 1.29 is 18.6 Å². The van der Waals surface area contributed by atoms with Crippen LogP contribution in [-0.4, -0.2) is 53.7 Å². The second-order valence-corrected chi connectivity index (χ2v) is 7.06. The molecule has 24 heavy (non-hydrogen) atoms. The summed E-state index contributed by atoms with van der Waals surface area (Å²) >= 11 is 10.1. The number of morpholine rings is 1. The summed E-state index contributed by atoms with van der Waals surface area (Å²) in [7, 11) is 0. The van der Waals surface area contributed by atoms with E-state index in [-0.39, 0.29) is 39.4 Å². The summed E-state index contributed by atoms with van der Waals surface area (Å²) in [6, 6.07) is -0.406. The number of anilines is 1. The molecule has 0 aliphatic carbocycles. The van der Waals surface area contributed by atoms with Crippen LogP contribution in [0.3, 0.4) is 0 Å². The lowest BCUT2D eigenvalue weighted by Crippen LogP contribution is -2.48. The smallest absolute Gasteiger partial charge is 0.189 e. The Balaban J connectivity index is 2.33. The molecule has 1 aromatic heterocycles. The second kappa shape index (κ2) is 7.25. The van der Waals surface area contributed by atoms with Crippen LogP contribution in [0.2, 0.25) is 5.02 Å². The maximum absolute atomic E-state index is 14.8. The first-order valence-electron chi connectivity index (χ1n) is 7.02. The van der Waals surface area contributed by atoms with Crippen LogP contribution >= 0.6 is 39.3 Å². The summed E-state index contributed by atoms with van der Waals surface area (Å²) in [5.74, 6) is -1.34. The van der Waals surface area contributed by atoms with Gasteiger partial charge in [0.25, 0.3) is 0 Å². The molecule has 1 atom stereocenters. The highest BCUT2D eigenvalue weighted by Crippen LogP contribution is 2.39. The van der Waals surface area contributed by atoms with Gasteiger partial charge in [0.1, 0.15) is 11.3 Å². The van der Waals surface area contributed by atoms with Gasteiger partial charge in [-0.2, -0.15) is 0 Å². The Morgan fingerprint density at radius 1 is 1.42 bits per heavy atom. The highest BCUT2D eigenvalue weighted by Gasteiger charge is 2.30. The standard InChI is InChI=1S/C14H13BrClF2N3O2S/c1-24-14-19-12-7(10(17)9(16)8(15)11(12)18)13(20-14)21-2-3-23-5-6(21)4-22/h6,22H,2-5H2,1H3/t6-/m1/s1. The largest absolute Gasteiger partial charge is 0.394 e. The average Bonchev–Trinajstić information content (AvgIpc) is 2.63. The molecule has 1 aliphatic heterocycles. The van der Waals surface area contributed by atoms with E-state index in [0.717, 1.165) is 0 Å². The molecule has 1 saturated heterocycles. The zero-order valence-electron chi connectivity index (χ0n) is 12.5. The third-order valence-corrected chi connectivity index (χ3v) is 5.64. The molecule has 0 saturated carbocycles. The van der Waals surface area contributed by atoms with Gasteiger partial charge in [0.2, 0.25) is 0 Å². The number of hydrogen-bond donors (Lipinski definition) is 1. The predicted molar refractivity (Wildman–Crippen MR) is 93.0 cm³/mol. The van der Waals surface area contributed by atoms with Crippen LogP contribution in [0, 0.1) is 11.6 Å². The van der Waals surface area contributed by atoms with Crippen LogP contribution in [-0.2, 0) is 4.74 Å².